The number of halogens is 1. The molecule has 0 aliphatic carbocycles. The second-order valence-corrected chi connectivity index (χ2v) is 9.21. The number of carbonyl (C=O) groups excluding carboxylic acids is 1. The molecule has 158 valence electrons. The first-order valence-corrected chi connectivity index (χ1v) is 11.2. The fourth-order valence-electron chi connectivity index (χ4n) is 3.70. The van der Waals surface area contributed by atoms with E-state index in [-0.39, 0.29) is 10.7 Å². The Hall–Kier alpha value is -3.45. The average molecular weight is 437 g/mol. The summed E-state index contributed by atoms with van der Waals surface area (Å²) in [6, 6.07) is 21.3. The molecule has 0 spiro atoms. The molecule has 4 rings (SSSR count). The van der Waals surface area contributed by atoms with E-state index in [4.69, 9.17) is 0 Å². The fourth-order valence-corrected chi connectivity index (χ4v) is 5.17. The van der Waals surface area contributed by atoms with Gasteiger partial charge in [-0.3, -0.25) is 9.10 Å². The summed E-state index contributed by atoms with van der Waals surface area (Å²) in [6.07, 6.45) is 0. The van der Waals surface area contributed by atoms with Crippen LogP contribution in [0.1, 0.15) is 29.7 Å². The number of benzene rings is 3. The zero-order chi connectivity index (χ0) is 22.2. The predicted octanol–water partition coefficient (Wildman–Crippen LogP) is 4.24. The number of anilines is 1. The van der Waals surface area contributed by atoms with Crippen LogP contribution in [-0.4, -0.2) is 21.4 Å². The molecule has 3 aromatic carbocycles. The molecule has 0 radical (unpaired) electrons. The Balaban J connectivity index is 1.87. The third-order valence-electron chi connectivity index (χ3n) is 5.34. The number of hydrogen-bond acceptors (Lipinski definition) is 3. The van der Waals surface area contributed by atoms with Crippen molar-refractivity contribution >= 4 is 27.2 Å². The molecular weight excluding hydrogens is 415 g/mol. The maximum atomic E-state index is 13.4. The van der Waals surface area contributed by atoms with E-state index in [1.165, 1.54) is 19.2 Å². The highest BCUT2D eigenvalue weighted by molar-refractivity contribution is 7.97. The topological polar surface area (TPSA) is 66.5 Å². The number of sulfonamides is 1. The van der Waals surface area contributed by atoms with Crippen LogP contribution in [0.2, 0.25) is 0 Å². The van der Waals surface area contributed by atoms with Crippen molar-refractivity contribution in [3.05, 3.63) is 106 Å². The van der Waals surface area contributed by atoms with E-state index < -0.39 is 22.0 Å². The number of carbonyl (C=O) groups is 1. The highest BCUT2D eigenvalue weighted by atomic mass is 32.2. The van der Waals surface area contributed by atoms with E-state index >= 15 is 0 Å². The van der Waals surface area contributed by atoms with Crippen molar-refractivity contribution in [2.24, 2.45) is 0 Å². The number of hydrogen-bond donors (Lipinski definition) is 1. The van der Waals surface area contributed by atoms with Gasteiger partial charge >= 0.3 is 0 Å². The molecule has 1 aliphatic rings. The molecule has 1 N–H and O–H groups in total. The van der Waals surface area contributed by atoms with Crippen LogP contribution in [0, 0.1) is 5.82 Å². The Morgan fingerprint density at radius 2 is 1.55 bits per heavy atom. The summed E-state index contributed by atoms with van der Waals surface area (Å²) in [5.74, 6) is -1.10. The quantitative estimate of drug-likeness (QED) is 0.665. The van der Waals surface area contributed by atoms with Crippen LogP contribution < -0.4 is 9.62 Å². The van der Waals surface area contributed by atoms with Gasteiger partial charge in [0.25, 0.3) is 15.9 Å². The Labute approximate surface area is 180 Å². The number of rotatable bonds is 4. The minimum atomic E-state index is -4.11. The van der Waals surface area contributed by atoms with Crippen LogP contribution in [0.5, 0.6) is 0 Å². The highest BCUT2D eigenvalue weighted by Gasteiger charge is 2.39. The summed E-state index contributed by atoms with van der Waals surface area (Å²) in [6.45, 7) is 1.72. The molecule has 5 nitrogen and oxygen atoms in total. The van der Waals surface area contributed by atoms with Crippen molar-refractivity contribution in [3.8, 4) is 0 Å². The zero-order valence-corrected chi connectivity index (χ0v) is 17.9. The number of para-hydroxylation sites is 1. The summed E-state index contributed by atoms with van der Waals surface area (Å²) in [5, 5.41) is 2.77. The number of nitrogens with zero attached hydrogens (tertiary/aromatic N) is 1. The van der Waals surface area contributed by atoms with Gasteiger partial charge in [0, 0.05) is 18.2 Å². The van der Waals surface area contributed by atoms with Gasteiger partial charge in [0.2, 0.25) is 0 Å². The van der Waals surface area contributed by atoms with E-state index in [0.717, 1.165) is 4.31 Å². The molecule has 0 aromatic heterocycles. The Morgan fingerprint density at radius 3 is 2.23 bits per heavy atom. The van der Waals surface area contributed by atoms with Gasteiger partial charge in [0.15, 0.2) is 4.91 Å². The summed E-state index contributed by atoms with van der Waals surface area (Å²) in [4.78, 5) is 13.0. The molecule has 1 heterocycles. The van der Waals surface area contributed by atoms with Crippen molar-refractivity contribution in [1.82, 2.24) is 5.32 Å². The summed E-state index contributed by atoms with van der Waals surface area (Å²) in [5.41, 5.74) is 2.82. The lowest BCUT2D eigenvalue weighted by Gasteiger charge is -2.31. The second kappa shape index (κ2) is 8.00. The number of fused-ring (bicyclic) bond motifs is 1. The van der Waals surface area contributed by atoms with Gasteiger partial charge in [-0.2, -0.15) is 0 Å². The van der Waals surface area contributed by atoms with E-state index in [2.05, 4.69) is 5.32 Å². The first kappa shape index (κ1) is 20.8. The average Bonchev–Trinajstić information content (AvgIpc) is 2.77. The lowest BCUT2D eigenvalue weighted by molar-refractivity contribution is -0.117. The Morgan fingerprint density at radius 1 is 0.935 bits per heavy atom. The zero-order valence-electron chi connectivity index (χ0n) is 17.0. The number of nitrogens with one attached hydrogen (secondary N) is 1. The van der Waals surface area contributed by atoms with Crippen molar-refractivity contribution < 1.29 is 17.6 Å². The normalized spacial score (nSPS) is 15.9. The SMILES string of the molecule is CC(NC(=O)C1=C(c2ccccc2)c2ccccc2N(C)S1(=O)=O)c1ccc(F)cc1. The smallest absolute Gasteiger partial charge is 0.270 e. The third-order valence-corrected chi connectivity index (χ3v) is 7.17. The molecule has 1 unspecified atom stereocenters. The van der Waals surface area contributed by atoms with Gasteiger partial charge in [-0.15, -0.1) is 0 Å². The standard InChI is InChI=1S/C24H21FN2O3S/c1-16(17-12-14-19(25)15-13-17)26-24(28)23-22(18-8-4-3-5-9-18)20-10-6-7-11-21(20)27(2)31(23,29)30/h3-16H,1-2H3,(H,26,28). The molecule has 0 saturated carbocycles. The lowest BCUT2D eigenvalue weighted by atomic mass is 9.95. The summed E-state index contributed by atoms with van der Waals surface area (Å²) < 4.78 is 41.2. The first-order chi connectivity index (χ1) is 14.8. The maximum absolute atomic E-state index is 13.4. The van der Waals surface area contributed by atoms with Crippen LogP contribution in [0.25, 0.3) is 5.57 Å². The largest absolute Gasteiger partial charge is 0.345 e. The van der Waals surface area contributed by atoms with Gasteiger partial charge in [-0.1, -0.05) is 60.7 Å². The second-order valence-electron chi connectivity index (χ2n) is 7.31. The van der Waals surface area contributed by atoms with Gasteiger partial charge < -0.3 is 5.32 Å². The van der Waals surface area contributed by atoms with Crippen molar-refractivity contribution in [2.75, 3.05) is 11.4 Å². The molecule has 7 heteroatoms. The van der Waals surface area contributed by atoms with Crippen LogP contribution in [0.4, 0.5) is 10.1 Å². The van der Waals surface area contributed by atoms with E-state index in [1.807, 2.05) is 12.1 Å². The molecule has 0 fully saturated rings. The van der Waals surface area contributed by atoms with E-state index in [9.17, 15) is 17.6 Å². The molecule has 0 bridgehead atoms. The van der Waals surface area contributed by atoms with Gasteiger partial charge in [-0.05, 0) is 36.2 Å². The number of amides is 1. The van der Waals surface area contributed by atoms with Crippen LogP contribution in [0.3, 0.4) is 0 Å². The molecule has 3 aromatic rings. The molecule has 1 amide bonds. The van der Waals surface area contributed by atoms with Crippen molar-refractivity contribution in [3.63, 3.8) is 0 Å². The lowest BCUT2D eigenvalue weighted by Crippen LogP contribution is -2.40. The van der Waals surface area contributed by atoms with Crippen molar-refractivity contribution in [2.45, 2.75) is 13.0 Å². The van der Waals surface area contributed by atoms with Crippen LogP contribution in [0.15, 0.2) is 83.8 Å². The monoisotopic (exact) mass is 436 g/mol. The molecule has 31 heavy (non-hydrogen) atoms. The van der Waals surface area contributed by atoms with Crippen LogP contribution >= 0.6 is 0 Å². The van der Waals surface area contributed by atoms with Gasteiger partial charge in [0.1, 0.15) is 5.82 Å². The van der Waals surface area contributed by atoms with Gasteiger partial charge in [-0.25, -0.2) is 12.8 Å². The molecule has 0 saturated heterocycles. The third kappa shape index (κ3) is 3.72. The van der Waals surface area contributed by atoms with Crippen LogP contribution in [-0.2, 0) is 14.8 Å². The predicted molar refractivity (Wildman–Crippen MR) is 119 cm³/mol. The van der Waals surface area contributed by atoms with Crippen molar-refractivity contribution in [1.29, 1.82) is 0 Å². The Bertz CT molecular complexity index is 1270. The summed E-state index contributed by atoms with van der Waals surface area (Å²) >= 11 is 0. The highest BCUT2D eigenvalue weighted by Crippen LogP contribution is 2.42. The summed E-state index contributed by atoms with van der Waals surface area (Å²) in [7, 11) is -2.67. The first-order valence-electron chi connectivity index (χ1n) is 9.75. The minimum Gasteiger partial charge on any atom is -0.345 e. The Kier molecular flexibility index (Phi) is 5.37. The molecular formula is C24H21FN2O3S. The fraction of sp³-hybridized carbons (Fsp3) is 0.125. The maximum Gasteiger partial charge on any atom is 0.270 e. The van der Waals surface area contributed by atoms with Gasteiger partial charge in [0.05, 0.1) is 11.7 Å². The minimum absolute atomic E-state index is 0.311. The van der Waals surface area contributed by atoms with E-state index in [1.54, 1.807) is 61.5 Å². The van der Waals surface area contributed by atoms with E-state index in [0.29, 0.717) is 28.0 Å². The molecule has 1 atom stereocenters. The molecule has 1 aliphatic heterocycles.